The van der Waals surface area contributed by atoms with Gasteiger partial charge in [0.2, 0.25) is 0 Å². The van der Waals surface area contributed by atoms with Crippen molar-refractivity contribution in [3.63, 3.8) is 0 Å². The molecule has 0 aromatic heterocycles. The third-order valence-electron chi connectivity index (χ3n) is 5.43. The smallest absolute Gasteiger partial charge is 0.0453 e. The van der Waals surface area contributed by atoms with Crippen LogP contribution in [0.25, 0.3) is 0 Å². The molecular weight excluding hydrogens is 280 g/mol. The van der Waals surface area contributed by atoms with E-state index >= 15 is 0 Å². The maximum Gasteiger partial charge on any atom is 0.0453 e. The molecule has 2 fully saturated rings. The summed E-state index contributed by atoms with van der Waals surface area (Å²) in [5.74, 6) is 0. The van der Waals surface area contributed by atoms with Gasteiger partial charge in [-0.15, -0.1) is 0 Å². The lowest BCUT2D eigenvalue weighted by atomic mass is 9.89. The van der Waals surface area contributed by atoms with Crippen LogP contribution in [-0.2, 0) is 6.54 Å². The predicted octanol–water partition coefficient (Wildman–Crippen LogP) is 4.15. The first kappa shape index (κ1) is 15.3. The maximum absolute atomic E-state index is 6.47. The molecule has 1 N–H and O–H groups in total. The normalized spacial score (nSPS) is 25.6. The van der Waals surface area contributed by atoms with Crippen LogP contribution in [0.5, 0.6) is 0 Å². The molecule has 116 valence electrons. The second-order valence-corrected chi connectivity index (χ2v) is 7.30. The van der Waals surface area contributed by atoms with Crippen LogP contribution in [0, 0.1) is 6.92 Å². The van der Waals surface area contributed by atoms with Crippen molar-refractivity contribution in [2.45, 2.75) is 64.1 Å². The molecule has 2 nitrogen and oxygen atoms in total. The largest absolute Gasteiger partial charge is 0.311 e. The van der Waals surface area contributed by atoms with Gasteiger partial charge in [0, 0.05) is 36.2 Å². The van der Waals surface area contributed by atoms with Crippen LogP contribution in [0.4, 0.5) is 0 Å². The molecular formula is C18H27ClN2. The Kier molecular flexibility index (Phi) is 4.58. The van der Waals surface area contributed by atoms with Gasteiger partial charge in [-0.25, -0.2) is 0 Å². The van der Waals surface area contributed by atoms with Crippen LogP contribution in [0.3, 0.4) is 0 Å². The highest BCUT2D eigenvalue weighted by atomic mass is 35.5. The summed E-state index contributed by atoms with van der Waals surface area (Å²) in [5.41, 5.74) is 2.90. The number of piperazine rings is 1. The van der Waals surface area contributed by atoms with E-state index in [0.29, 0.717) is 11.6 Å². The van der Waals surface area contributed by atoms with E-state index < -0.39 is 0 Å². The van der Waals surface area contributed by atoms with E-state index in [2.05, 4.69) is 42.3 Å². The molecule has 0 bridgehead atoms. The minimum absolute atomic E-state index is 0.375. The molecule has 1 aromatic carbocycles. The molecule has 2 aliphatic rings. The van der Waals surface area contributed by atoms with Crippen LogP contribution in [0.15, 0.2) is 18.2 Å². The average Bonchev–Trinajstić information content (AvgIpc) is 2.94. The number of nitrogens with one attached hydrogen (secondary N) is 1. The monoisotopic (exact) mass is 306 g/mol. The fraction of sp³-hybridized carbons (Fsp3) is 0.667. The maximum atomic E-state index is 6.47. The summed E-state index contributed by atoms with van der Waals surface area (Å²) in [5, 5.41) is 4.69. The molecule has 0 radical (unpaired) electrons. The van der Waals surface area contributed by atoms with Gasteiger partial charge in [-0.3, -0.25) is 4.90 Å². The molecule has 1 aliphatic carbocycles. The van der Waals surface area contributed by atoms with Crippen molar-refractivity contribution in [2.24, 2.45) is 0 Å². The van der Waals surface area contributed by atoms with Crippen molar-refractivity contribution in [1.29, 1.82) is 0 Å². The van der Waals surface area contributed by atoms with E-state index in [1.54, 1.807) is 0 Å². The van der Waals surface area contributed by atoms with Gasteiger partial charge in [-0.05, 0) is 43.4 Å². The van der Waals surface area contributed by atoms with Gasteiger partial charge in [0.1, 0.15) is 0 Å². The Morgan fingerprint density at radius 2 is 2.10 bits per heavy atom. The van der Waals surface area contributed by atoms with E-state index in [4.69, 9.17) is 11.6 Å². The molecule has 1 aromatic rings. The highest BCUT2D eigenvalue weighted by Crippen LogP contribution is 2.38. The van der Waals surface area contributed by atoms with Crippen LogP contribution in [0.1, 0.15) is 50.2 Å². The average molecular weight is 307 g/mol. The van der Waals surface area contributed by atoms with E-state index in [9.17, 15) is 0 Å². The minimum atomic E-state index is 0.375. The van der Waals surface area contributed by atoms with Crippen molar-refractivity contribution in [1.82, 2.24) is 10.2 Å². The standard InChI is InChI=1S/C18H27ClN2/c1-3-16-12-21(18(13-20-16)8-4-5-9-18)11-15-7-6-14(2)10-17(15)19/h6-7,10,16,20H,3-5,8-9,11-13H2,1-2H3. The molecule has 1 unspecified atom stereocenters. The van der Waals surface area contributed by atoms with Gasteiger partial charge >= 0.3 is 0 Å². The van der Waals surface area contributed by atoms with Gasteiger partial charge in [0.05, 0.1) is 0 Å². The van der Waals surface area contributed by atoms with E-state index in [1.807, 2.05) is 0 Å². The Labute approximate surface area is 133 Å². The topological polar surface area (TPSA) is 15.3 Å². The van der Waals surface area contributed by atoms with Crippen LogP contribution < -0.4 is 5.32 Å². The molecule has 1 heterocycles. The summed E-state index contributed by atoms with van der Waals surface area (Å²) in [6, 6.07) is 7.11. The SMILES string of the molecule is CCC1CN(Cc2ccc(C)cc2Cl)C2(CCCC2)CN1. The first-order valence-corrected chi connectivity index (χ1v) is 8.74. The zero-order chi connectivity index (χ0) is 14.9. The van der Waals surface area contributed by atoms with Gasteiger partial charge in [0.25, 0.3) is 0 Å². The van der Waals surface area contributed by atoms with E-state index in [0.717, 1.165) is 24.7 Å². The molecule has 1 atom stereocenters. The van der Waals surface area contributed by atoms with Crippen LogP contribution in [0.2, 0.25) is 5.02 Å². The third kappa shape index (κ3) is 3.13. The number of aryl methyl sites for hydroxylation is 1. The second kappa shape index (κ2) is 6.28. The quantitative estimate of drug-likeness (QED) is 0.902. The summed E-state index contributed by atoms with van der Waals surface area (Å²) in [6.45, 7) is 7.68. The predicted molar refractivity (Wildman–Crippen MR) is 89.9 cm³/mol. The van der Waals surface area contributed by atoms with Crippen molar-refractivity contribution >= 4 is 11.6 Å². The summed E-state index contributed by atoms with van der Waals surface area (Å²) in [4.78, 5) is 2.72. The lowest BCUT2D eigenvalue weighted by Gasteiger charge is -2.48. The first-order chi connectivity index (χ1) is 10.1. The molecule has 1 saturated heterocycles. The molecule has 1 saturated carbocycles. The van der Waals surface area contributed by atoms with Gasteiger partial charge in [-0.2, -0.15) is 0 Å². The summed E-state index contributed by atoms with van der Waals surface area (Å²) in [6.07, 6.45) is 6.61. The summed E-state index contributed by atoms with van der Waals surface area (Å²) in [7, 11) is 0. The number of hydrogen-bond donors (Lipinski definition) is 1. The van der Waals surface area contributed by atoms with Crippen molar-refractivity contribution in [3.8, 4) is 0 Å². The Balaban J connectivity index is 1.81. The van der Waals surface area contributed by atoms with Gasteiger partial charge in [0.15, 0.2) is 0 Å². The zero-order valence-corrected chi connectivity index (χ0v) is 14.0. The highest BCUT2D eigenvalue weighted by molar-refractivity contribution is 6.31. The Hall–Kier alpha value is -0.570. The lowest BCUT2D eigenvalue weighted by Crippen LogP contribution is -2.62. The van der Waals surface area contributed by atoms with Crippen LogP contribution >= 0.6 is 11.6 Å². The second-order valence-electron chi connectivity index (χ2n) is 6.89. The molecule has 3 rings (SSSR count). The molecule has 1 aliphatic heterocycles. The molecule has 1 spiro atoms. The fourth-order valence-corrected chi connectivity index (χ4v) is 4.28. The molecule has 21 heavy (non-hydrogen) atoms. The fourth-order valence-electron chi connectivity index (χ4n) is 3.99. The number of halogens is 1. The van der Waals surface area contributed by atoms with Crippen molar-refractivity contribution < 1.29 is 0 Å². The molecule has 3 heteroatoms. The number of nitrogens with zero attached hydrogens (tertiary/aromatic N) is 1. The van der Waals surface area contributed by atoms with Crippen molar-refractivity contribution in [3.05, 3.63) is 34.3 Å². The van der Waals surface area contributed by atoms with E-state index in [1.165, 1.54) is 43.2 Å². The Morgan fingerprint density at radius 1 is 1.33 bits per heavy atom. The highest BCUT2D eigenvalue weighted by Gasteiger charge is 2.43. The van der Waals surface area contributed by atoms with E-state index in [-0.39, 0.29) is 0 Å². The lowest BCUT2D eigenvalue weighted by molar-refractivity contribution is 0.0349. The van der Waals surface area contributed by atoms with Gasteiger partial charge in [-0.1, -0.05) is 43.5 Å². The van der Waals surface area contributed by atoms with Gasteiger partial charge < -0.3 is 5.32 Å². The summed E-state index contributed by atoms with van der Waals surface area (Å²) < 4.78 is 0. The van der Waals surface area contributed by atoms with Crippen LogP contribution in [-0.4, -0.2) is 29.6 Å². The molecule has 0 amide bonds. The Bertz CT molecular complexity index is 494. The number of benzene rings is 1. The minimum Gasteiger partial charge on any atom is -0.311 e. The number of hydrogen-bond acceptors (Lipinski definition) is 2. The van der Waals surface area contributed by atoms with Crippen molar-refractivity contribution in [2.75, 3.05) is 13.1 Å². The number of rotatable bonds is 3. The summed E-state index contributed by atoms with van der Waals surface area (Å²) >= 11 is 6.47. The third-order valence-corrected chi connectivity index (χ3v) is 5.78. The Morgan fingerprint density at radius 3 is 2.76 bits per heavy atom. The first-order valence-electron chi connectivity index (χ1n) is 8.36. The zero-order valence-electron chi connectivity index (χ0n) is 13.3.